The lowest BCUT2D eigenvalue weighted by Gasteiger charge is -2.23. The molecule has 1 aliphatic heterocycles. The number of hydrogen-bond acceptors (Lipinski definition) is 5. The van der Waals surface area contributed by atoms with Crippen molar-refractivity contribution in [1.29, 1.82) is 0 Å². The summed E-state index contributed by atoms with van der Waals surface area (Å²) in [5, 5.41) is 17.5. The SMILES string of the molecule is O=C(O)Oc1cccc2c1Oc1c(cccc1OC(=O)O)C2. The number of hydrogen-bond donors (Lipinski definition) is 2. The van der Waals surface area contributed by atoms with Gasteiger partial charge in [-0.05, 0) is 12.1 Å². The molecule has 0 fully saturated rings. The van der Waals surface area contributed by atoms with E-state index in [1.54, 1.807) is 24.3 Å². The monoisotopic (exact) mass is 302 g/mol. The van der Waals surface area contributed by atoms with Crippen LogP contribution in [0.3, 0.4) is 0 Å². The standard InChI is InChI=1S/C15H10O7/c16-14(17)20-10-5-1-3-8-7-9-4-2-6-11(21-15(18)19)13(9)22-12(8)10/h1-6H,7H2,(H,16,17)(H,18,19). The quantitative estimate of drug-likeness (QED) is 0.551. The van der Waals surface area contributed by atoms with E-state index in [0.29, 0.717) is 6.42 Å². The molecule has 2 aromatic rings. The van der Waals surface area contributed by atoms with Crippen LogP contribution in [0.25, 0.3) is 0 Å². The Labute approximate surface area is 124 Å². The van der Waals surface area contributed by atoms with E-state index in [1.807, 2.05) is 0 Å². The Hall–Kier alpha value is -3.22. The maximum atomic E-state index is 10.7. The average molecular weight is 302 g/mol. The number of carbonyl (C=O) groups is 2. The molecule has 3 rings (SSSR count). The van der Waals surface area contributed by atoms with Crippen LogP contribution in [0.2, 0.25) is 0 Å². The van der Waals surface area contributed by atoms with Gasteiger partial charge in [0.1, 0.15) is 0 Å². The van der Waals surface area contributed by atoms with Crippen LogP contribution in [0, 0.1) is 0 Å². The normalized spacial score (nSPS) is 11.6. The van der Waals surface area contributed by atoms with Gasteiger partial charge in [0.25, 0.3) is 0 Å². The highest BCUT2D eigenvalue weighted by atomic mass is 16.7. The van der Waals surface area contributed by atoms with Gasteiger partial charge in [0.2, 0.25) is 0 Å². The van der Waals surface area contributed by atoms with Gasteiger partial charge in [-0.1, -0.05) is 24.3 Å². The summed E-state index contributed by atoms with van der Waals surface area (Å²) in [5.41, 5.74) is 1.47. The number of para-hydroxylation sites is 2. The predicted octanol–water partition coefficient (Wildman–Crippen LogP) is 3.50. The summed E-state index contributed by atoms with van der Waals surface area (Å²) in [6, 6.07) is 9.78. The van der Waals surface area contributed by atoms with E-state index in [2.05, 4.69) is 9.47 Å². The zero-order valence-corrected chi connectivity index (χ0v) is 11.1. The molecule has 0 radical (unpaired) electrons. The molecule has 0 saturated heterocycles. The minimum atomic E-state index is -1.46. The second kappa shape index (κ2) is 5.28. The zero-order valence-electron chi connectivity index (χ0n) is 11.1. The van der Waals surface area contributed by atoms with E-state index in [0.717, 1.165) is 11.1 Å². The number of ether oxygens (including phenoxy) is 3. The number of fused-ring (bicyclic) bond motifs is 2. The molecule has 1 aliphatic rings. The minimum Gasteiger partial charge on any atom is -0.449 e. The summed E-state index contributed by atoms with van der Waals surface area (Å²) in [6.07, 6.45) is -2.48. The van der Waals surface area contributed by atoms with Gasteiger partial charge in [0.15, 0.2) is 23.0 Å². The van der Waals surface area contributed by atoms with Gasteiger partial charge in [0, 0.05) is 17.5 Å². The van der Waals surface area contributed by atoms with Gasteiger partial charge in [-0.3, -0.25) is 0 Å². The highest BCUT2D eigenvalue weighted by Gasteiger charge is 2.25. The van der Waals surface area contributed by atoms with Gasteiger partial charge in [0.05, 0.1) is 0 Å². The van der Waals surface area contributed by atoms with E-state index in [9.17, 15) is 9.59 Å². The zero-order chi connectivity index (χ0) is 15.7. The van der Waals surface area contributed by atoms with E-state index >= 15 is 0 Å². The molecule has 0 aliphatic carbocycles. The van der Waals surface area contributed by atoms with Crippen molar-refractivity contribution in [1.82, 2.24) is 0 Å². The van der Waals surface area contributed by atoms with Crippen LogP contribution in [-0.2, 0) is 6.42 Å². The summed E-state index contributed by atoms with van der Waals surface area (Å²) in [4.78, 5) is 21.5. The Bertz CT molecular complexity index is 703. The Morgan fingerprint density at radius 3 is 1.73 bits per heavy atom. The van der Waals surface area contributed by atoms with Gasteiger partial charge in [-0.15, -0.1) is 0 Å². The summed E-state index contributed by atoms with van der Waals surface area (Å²) >= 11 is 0. The Balaban J connectivity index is 2.04. The second-order valence-corrected chi connectivity index (χ2v) is 4.50. The lowest BCUT2D eigenvalue weighted by molar-refractivity contribution is 0.142. The molecule has 7 heteroatoms. The summed E-state index contributed by atoms with van der Waals surface area (Å²) in [5.74, 6) is 0.555. The van der Waals surface area contributed by atoms with Crippen LogP contribution in [0.15, 0.2) is 36.4 Å². The van der Waals surface area contributed by atoms with Crippen LogP contribution < -0.4 is 14.2 Å². The fourth-order valence-electron chi connectivity index (χ4n) is 2.29. The van der Waals surface area contributed by atoms with Crippen LogP contribution >= 0.6 is 0 Å². The third-order valence-corrected chi connectivity index (χ3v) is 3.10. The number of carboxylic acid groups (broad SMARTS) is 2. The molecule has 0 aromatic heterocycles. The van der Waals surface area contributed by atoms with Crippen LogP contribution in [-0.4, -0.2) is 22.5 Å². The fraction of sp³-hybridized carbons (Fsp3) is 0.0667. The fourth-order valence-corrected chi connectivity index (χ4v) is 2.29. The molecular weight excluding hydrogens is 292 g/mol. The molecular formula is C15H10O7. The third kappa shape index (κ3) is 2.51. The maximum Gasteiger partial charge on any atom is 0.511 e. The summed E-state index contributed by atoms with van der Waals surface area (Å²) in [7, 11) is 0. The molecule has 112 valence electrons. The van der Waals surface area contributed by atoms with E-state index in [1.165, 1.54) is 12.1 Å². The molecule has 0 spiro atoms. The van der Waals surface area contributed by atoms with Crippen molar-refractivity contribution in [3.05, 3.63) is 47.5 Å². The van der Waals surface area contributed by atoms with Gasteiger partial charge in [-0.2, -0.15) is 0 Å². The Morgan fingerprint density at radius 1 is 0.864 bits per heavy atom. The first-order valence-corrected chi connectivity index (χ1v) is 6.28. The van der Waals surface area contributed by atoms with E-state index in [-0.39, 0.29) is 23.0 Å². The molecule has 0 atom stereocenters. The van der Waals surface area contributed by atoms with Gasteiger partial charge < -0.3 is 24.4 Å². The Morgan fingerprint density at radius 2 is 1.32 bits per heavy atom. The molecule has 2 aromatic carbocycles. The largest absolute Gasteiger partial charge is 0.511 e. The van der Waals surface area contributed by atoms with Crippen molar-refractivity contribution >= 4 is 12.3 Å². The third-order valence-electron chi connectivity index (χ3n) is 3.10. The molecule has 0 bridgehead atoms. The van der Waals surface area contributed by atoms with Gasteiger partial charge >= 0.3 is 12.3 Å². The second-order valence-electron chi connectivity index (χ2n) is 4.50. The molecule has 0 amide bonds. The first-order chi connectivity index (χ1) is 10.5. The average Bonchev–Trinajstić information content (AvgIpc) is 2.45. The number of benzene rings is 2. The predicted molar refractivity (Wildman–Crippen MR) is 73.1 cm³/mol. The molecule has 0 saturated carbocycles. The highest BCUT2D eigenvalue weighted by Crippen LogP contribution is 2.46. The summed E-state index contributed by atoms with van der Waals surface area (Å²) in [6.45, 7) is 0. The molecule has 22 heavy (non-hydrogen) atoms. The maximum absolute atomic E-state index is 10.7. The van der Waals surface area contributed by atoms with E-state index in [4.69, 9.17) is 14.9 Å². The van der Waals surface area contributed by atoms with Crippen LogP contribution in [0.5, 0.6) is 23.0 Å². The van der Waals surface area contributed by atoms with Crippen LogP contribution in [0.4, 0.5) is 9.59 Å². The van der Waals surface area contributed by atoms with Crippen LogP contribution in [0.1, 0.15) is 11.1 Å². The minimum absolute atomic E-state index is 0.0424. The van der Waals surface area contributed by atoms with Crippen molar-refractivity contribution in [2.24, 2.45) is 0 Å². The van der Waals surface area contributed by atoms with Crippen molar-refractivity contribution < 1.29 is 34.0 Å². The van der Waals surface area contributed by atoms with Crippen molar-refractivity contribution in [2.75, 3.05) is 0 Å². The molecule has 1 heterocycles. The van der Waals surface area contributed by atoms with Crippen molar-refractivity contribution in [2.45, 2.75) is 6.42 Å². The van der Waals surface area contributed by atoms with Crippen molar-refractivity contribution in [3.8, 4) is 23.0 Å². The lowest BCUT2D eigenvalue weighted by atomic mass is 9.99. The number of rotatable bonds is 2. The first-order valence-electron chi connectivity index (χ1n) is 6.28. The lowest BCUT2D eigenvalue weighted by Crippen LogP contribution is -2.11. The first kappa shape index (κ1) is 13.7. The van der Waals surface area contributed by atoms with Crippen molar-refractivity contribution in [3.63, 3.8) is 0 Å². The van der Waals surface area contributed by atoms with Gasteiger partial charge in [-0.25, -0.2) is 9.59 Å². The molecule has 0 unspecified atom stereocenters. The molecule has 2 N–H and O–H groups in total. The highest BCUT2D eigenvalue weighted by molar-refractivity contribution is 5.68. The Kier molecular flexibility index (Phi) is 3.30. The smallest absolute Gasteiger partial charge is 0.449 e. The van der Waals surface area contributed by atoms with E-state index < -0.39 is 12.3 Å². The topological polar surface area (TPSA) is 102 Å². The summed E-state index contributed by atoms with van der Waals surface area (Å²) < 4.78 is 15.0. The molecule has 7 nitrogen and oxygen atoms in total.